The van der Waals surface area contributed by atoms with Gasteiger partial charge < -0.3 is 25.0 Å². The number of benzene rings is 1. The van der Waals surface area contributed by atoms with Gasteiger partial charge in [-0.1, -0.05) is 12.1 Å². The Balaban J connectivity index is 2.66. The second-order valence-corrected chi connectivity index (χ2v) is 5.08. The van der Waals surface area contributed by atoms with E-state index < -0.39 is 0 Å². The van der Waals surface area contributed by atoms with Gasteiger partial charge in [0.1, 0.15) is 5.75 Å². The highest BCUT2D eigenvalue weighted by Gasteiger charge is 2.05. The average molecular weight is 322 g/mol. The van der Waals surface area contributed by atoms with E-state index in [4.69, 9.17) is 9.47 Å². The number of carbonyl (C=O) groups excluding carboxylic acids is 1. The minimum Gasteiger partial charge on any atom is -0.497 e. The third-order valence-corrected chi connectivity index (χ3v) is 3.06. The molecule has 0 aliphatic carbocycles. The van der Waals surface area contributed by atoms with Crippen LogP contribution in [0.15, 0.2) is 29.3 Å². The molecule has 0 unspecified atom stereocenters. The van der Waals surface area contributed by atoms with Crippen molar-refractivity contribution >= 4 is 11.9 Å². The number of nitrogens with zero attached hydrogens (tertiary/aromatic N) is 2. The molecular weight excluding hydrogens is 296 g/mol. The Labute approximate surface area is 137 Å². The molecule has 0 radical (unpaired) electrons. The molecule has 23 heavy (non-hydrogen) atoms. The molecule has 0 aliphatic heterocycles. The number of aliphatic imine (C=N–C) groups is 1. The van der Waals surface area contributed by atoms with Crippen LogP contribution in [-0.4, -0.2) is 64.8 Å². The summed E-state index contributed by atoms with van der Waals surface area (Å²) in [5.74, 6) is 1.34. The van der Waals surface area contributed by atoms with Crippen molar-refractivity contribution in [3.63, 3.8) is 0 Å². The van der Waals surface area contributed by atoms with E-state index in [1.165, 1.54) is 4.90 Å². The van der Waals surface area contributed by atoms with Gasteiger partial charge in [-0.15, -0.1) is 0 Å². The molecule has 7 heteroatoms. The lowest BCUT2D eigenvalue weighted by molar-refractivity contribution is -0.127. The fourth-order valence-corrected chi connectivity index (χ4v) is 1.70. The predicted octanol–water partition coefficient (Wildman–Crippen LogP) is 0.465. The van der Waals surface area contributed by atoms with Crippen LogP contribution in [0, 0.1) is 0 Å². The van der Waals surface area contributed by atoms with Crippen LogP contribution in [0.4, 0.5) is 0 Å². The Morgan fingerprint density at radius 1 is 1.26 bits per heavy atom. The van der Waals surface area contributed by atoms with Crippen LogP contribution >= 0.6 is 0 Å². The number of likely N-dealkylation sites (N-methyl/N-ethyl adjacent to an activating group) is 1. The van der Waals surface area contributed by atoms with Crippen molar-refractivity contribution in [3.8, 4) is 5.75 Å². The van der Waals surface area contributed by atoms with Crippen LogP contribution in [0.5, 0.6) is 5.75 Å². The lowest BCUT2D eigenvalue weighted by Gasteiger charge is -2.15. The van der Waals surface area contributed by atoms with Crippen molar-refractivity contribution in [1.82, 2.24) is 15.5 Å². The smallest absolute Gasteiger partial charge is 0.241 e. The SMILES string of the molecule is COCCNC(=NCc1cccc(OC)c1)NCC(=O)N(C)C. The van der Waals surface area contributed by atoms with Crippen LogP contribution in [0.1, 0.15) is 5.56 Å². The maximum atomic E-state index is 11.7. The number of hydrogen-bond donors (Lipinski definition) is 2. The average Bonchev–Trinajstić information content (AvgIpc) is 2.56. The maximum Gasteiger partial charge on any atom is 0.241 e. The minimum absolute atomic E-state index is 0.0207. The van der Waals surface area contributed by atoms with E-state index in [2.05, 4.69) is 15.6 Å². The number of methoxy groups -OCH3 is 2. The van der Waals surface area contributed by atoms with E-state index in [-0.39, 0.29) is 12.5 Å². The summed E-state index contributed by atoms with van der Waals surface area (Å²) in [4.78, 5) is 17.7. The standard InChI is InChI=1S/C16H26N4O3/c1-20(2)15(21)12-19-16(17-8-9-22-3)18-11-13-6-5-7-14(10-13)23-4/h5-7,10H,8-9,11-12H2,1-4H3,(H2,17,18,19). The Kier molecular flexibility index (Phi) is 8.52. The molecule has 2 N–H and O–H groups in total. The first-order valence-corrected chi connectivity index (χ1v) is 7.41. The van der Waals surface area contributed by atoms with Crippen LogP contribution in [0.25, 0.3) is 0 Å². The monoisotopic (exact) mass is 322 g/mol. The van der Waals surface area contributed by atoms with Crippen LogP contribution in [-0.2, 0) is 16.1 Å². The summed E-state index contributed by atoms with van der Waals surface area (Å²) in [5, 5.41) is 6.15. The summed E-state index contributed by atoms with van der Waals surface area (Å²) in [7, 11) is 6.71. The van der Waals surface area contributed by atoms with Crippen molar-refractivity contribution in [2.24, 2.45) is 4.99 Å². The Hall–Kier alpha value is -2.28. The van der Waals surface area contributed by atoms with Gasteiger partial charge in [0.05, 0.1) is 26.8 Å². The molecule has 7 nitrogen and oxygen atoms in total. The molecule has 0 atom stereocenters. The van der Waals surface area contributed by atoms with Crippen molar-refractivity contribution in [3.05, 3.63) is 29.8 Å². The number of carbonyl (C=O) groups is 1. The molecular formula is C16H26N4O3. The highest BCUT2D eigenvalue weighted by atomic mass is 16.5. The van der Waals surface area contributed by atoms with E-state index in [9.17, 15) is 4.79 Å². The van der Waals surface area contributed by atoms with Crippen LogP contribution < -0.4 is 15.4 Å². The summed E-state index contributed by atoms with van der Waals surface area (Å²) in [6.07, 6.45) is 0. The molecule has 0 saturated carbocycles. The summed E-state index contributed by atoms with van der Waals surface area (Å²) < 4.78 is 10.2. The fraction of sp³-hybridized carbons (Fsp3) is 0.500. The molecule has 0 aliphatic rings. The number of ether oxygens (including phenoxy) is 2. The van der Waals surface area contributed by atoms with Gasteiger partial charge in [-0.05, 0) is 17.7 Å². The lowest BCUT2D eigenvalue weighted by Crippen LogP contribution is -2.43. The normalized spacial score (nSPS) is 11.0. The maximum absolute atomic E-state index is 11.7. The van der Waals surface area contributed by atoms with Gasteiger partial charge in [-0.2, -0.15) is 0 Å². The van der Waals surface area contributed by atoms with E-state index >= 15 is 0 Å². The second-order valence-electron chi connectivity index (χ2n) is 5.08. The largest absolute Gasteiger partial charge is 0.497 e. The zero-order valence-corrected chi connectivity index (χ0v) is 14.3. The van der Waals surface area contributed by atoms with E-state index in [0.29, 0.717) is 25.7 Å². The first-order chi connectivity index (χ1) is 11.1. The highest BCUT2D eigenvalue weighted by molar-refractivity contribution is 5.86. The second kappa shape index (κ2) is 10.4. The summed E-state index contributed by atoms with van der Waals surface area (Å²) in [6, 6.07) is 7.72. The molecule has 0 bridgehead atoms. The van der Waals surface area contributed by atoms with Gasteiger partial charge >= 0.3 is 0 Å². The van der Waals surface area contributed by atoms with E-state index in [0.717, 1.165) is 11.3 Å². The molecule has 0 aromatic heterocycles. The Morgan fingerprint density at radius 3 is 2.70 bits per heavy atom. The molecule has 0 saturated heterocycles. The van der Waals surface area contributed by atoms with Gasteiger partial charge in [0.15, 0.2) is 5.96 Å². The molecule has 1 aromatic carbocycles. The van der Waals surface area contributed by atoms with Gasteiger partial charge in [0.25, 0.3) is 0 Å². The molecule has 0 fully saturated rings. The molecule has 1 aromatic rings. The highest BCUT2D eigenvalue weighted by Crippen LogP contribution is 2.13. The quantitative estimate of drug-likeness (QED) is 0.413. The number of hydrogen-bond acceptors (Lipinski definition) is 4. The summed E-state index contributed by atoms with van der Waals surface area (Å²) >= 11 is 0. The number of guanidine groups is 1. The number of nitrogens with one attached hydrogen (secondary N) is 2. The zero-order chi connectivity index (χ0) is 17.1. The van der Waals surface area contributed by atoms with Crippen molar-refractivity contribution in [2.75, 3.05) is 48.0 Å². The lowest BCUT2D eigenvalue weighted by atomic mass is 10.2. The first kappa shape index (κ1) is 18.8. The number of amides is 1. The molecule has 128 valence electrons. The third-order valence-electron chi connectivity index (χ3n) is 3.06. The van der Waals surface area contributed by atoms with Gasteiger partial charge in [0.2, 0.25) is 5.91 Å². The molecule has 1 amide bonds. The van der Waals surface area contributed by atoms with Gasteiger partial charge in [-0.3, -0.25) is 4.79 Å². The van der Waals surface area contributed by atoms with Crippen molar-refractivity contribution in [1.29, 1.82) is 0 Å². The number of rotatable bonds is 8. The van der Waals surface area contributed by atoms with Crippen LogP contribution in [0.2, 0.25) is 0 Å². The van der Waals surface area contributed by atoms with Gasteiger partial charge in [-0.25, -0.2) is 4.99 Å². The molecule has 0 spiro atoms. The Morgan fingerprint density at radius 2 is 2.04 bits per heavy atom. The Bertz CT molecular complexity index is 518. The van der Waals surface area contributed by atoms with Crippen LogP contribution in [0.3, 0.4) is 0 Å². The summed E-state index contributed by atoms with van der Waals surface area (Å²) in [6.45, 7) is 1.83. The minimum atomic E-state index is -0.0207. The third kappa shape index (κ3) is 7.51. The molecule has 0 heterocycles. The van der Waals surface area contributed by atoms with Crippen molar-refractivity contribution in [2.45, 2.75) is 6.54 Å². The topological polar surface area (TPSA) is 75.2 Å². The zero-order valence-electron chi connectivity index (χ0n) is 14.3. The molecule has 1 rings (SSSR count). The fourth-order valence-electron chi connectivity index (χ4n) is 1.70. The first-order valence-electron chi connectivity index (χ1n) is 7.41. The van der Waals surface area contributed by atoms with Crippen molar-refractivity contribution < 1.29 is 14.3 Å². The van der Waals surface area contributed by atoms with E-state index in [1.807, 2.05) is 24.3 Å². The summed E-state index contributed by atoms with van der Waals surface area (Å²) in [5.41, 5.74) is 1.02. The predicted molar refractivity (Wildman–Crippen MR) is 90.7 cm³/mol. The van der Waals surface area contributed by atoms with Gasteiger partial charge in [0, 0.05) is 27.7 Å². The van der Waals surface area contributed by atoms with E-state index in [1.54, 1.807) is 28.3 Å².